The van der Waals surface area contributed by atoms with Gasteiger partial charge >= 0.3 is 0 Å². The van der Waals surface area contributed by atoms with Crippen molar-refractivity contribution in [3.63, 3.8) is 0 Å². The standard InChI is InChI=1S/C44H51FN4O/c1-10-16-40(49-43(50)25-34-17-14-13-15-18-34)26-36(11-2)37-20-19-30(6)42(27-37)44(46)33(9)48-32(8)31(7)41(12-3)38-21-22-39(45)24-35(23-38)28-47-29(4)5/h10-21,23-24,26-27,29,46-48H,9,25,28H2,1-8H3,(H,49,50)/b16-10+,32-31+,36-11+,40-26+,41-12+,46-44?. The first kappa shape index (κ1) is 39.2. The van der Waals surface area contributed by atoms with Crippen LogP contribution in [-0.4, -0.2) is 24.2 Å². The van der Waals surface area contributed by atoms with Crippen molar-refractivity contribution in [2.24, 2.45) is 0 Å². The summed E-state index contributed by atoms with van der Waals surface area (Å²) >= 11 is 0. The van der Waals surface area contributed by atoms with Crippen LogP contribution in [0, 0.1) is 12.3 Å². The zero-order chi connectivity index (χ0) is 36.8. The van der Waals surface area contributed by atoms with Gasteiger partial charge in [-0.2, -0.15) is 4.39 Å². The van der Waals surface area contributed by atoms with Crippen molar-refractivity contribution in [3.8, 4) is 0 Å². The molecule has 0 bridgehead atoms. The minimum atomic E-state index is -0.411. The van der Waals surface area contributed by atoms with Gasteiger partial charge in [0.05, 0.1) is 17.8 Å². The van der Waals surface area contributed by atoms with Crippen LogP contribution in [0.2, 0.25) is 0 Å². The van der Waals surface area contributed by atoms with E-state index >= 15 is 0 Å². The van der Waals surface area contributed by atoms with Crippen molar-refractivity contribution in [1.82, 2.24) is 16.0 Å². The molecule has 6 heteroatoms. The van der Waals surface area contributed by atoms with E-state index in [1.165, 1.54) is 6.08 Å². The summed E-state index contributed by atoms with van der Waals surface area (Å²) in [6.07, 6.45) is 15.1. The maximum atomic E-state index is 14.4. The molecule has 0 atom stereocenters. The zero-order valence-electron chi connectivity index (χ0n) is 30.7. The minimum absolute atomic E-state index is 0.0976. The summed E-state index contributed by atoms with van der Waals surface area (Å²) in [6.45, 7) is 20.6. The van der Waals surface area contributed by atoms with E-state index in [0.29, 0.717) is 17.9 Å². The van der Waals surface area contributed by atoms with E-state index in [0.717, 1.165) is 55.8 Å². The number of hydrogen-bond acceptors (Lipinski definition) is 4. The predicted molar refractivity (Wildman–Crippen MR) is 209 cm³/mol. The lowest BCUT2D eigenvalue weighted by molar-refractivity contribution is -0.119. The van der Waals surface area contributed by atoms with Gasteiger partial charge in [0.2, 0.25) is 5.91 Å². The fraction of sp³-hybridized carbons (Fsp3) is 0.250. The van der Waals surface area contributed by atoms with Gasteiger partial charge in [0.15, 0.2) is 5.83 Å². The number of halogens is 1. The molecule has 260 valence electrons. The fourth-order valence-corrected chi connectivity index (χ4v) is 5.42. The van der Waals surface area contributed by atoms with E-state index in [1.807, 2.05) is 127 Å². The molecule has 2 aromatic rings. The van der Waals surface area contributed by atoms with Crippen LogP contribution in [0.4, 0.5) is 4.39 Å². The summed E-state index contributed by atoms with van der Waals surface area (Å²) in [7, 11) is 0. The van der Waals surface area contributed by atoms with E-state index in [-0.39, 0.29) is 24.1 Å². The maximum absolute atomic E-state index is 14.4. The lowest BCUT2D eigenvalue weighted by Crippen LogP contribution is -2.24. The first-order chi connectivity index (χ1) is 23.9. The molecule has 0 spiro atoms. The molecule has 0 heterocycles. The first-order valence-electron chi connectivity index (χ1n) is 17.0. The third kappa shape index (κ3) is 11.4. The van der Waals surface area contributed by atoms with Crippen LogP contribution in [0.15, 0.2) is 155 Å². The third-order valence-electron chi connectivity index (χ3n) is 8.24. The second-order valence-corrected chi connectivity index (χ2v) is 12.5. The highest BCUT2D eigenvalue weighted by atomic mass is 19.1. The SMILES string of the molecule is C=C(N/C(C)=C(C)/C(=C\C)C1=CC(CNC(C)C)=CC(F)=C=C1)C(=N)c1cc(C(/C=C(\C=C\C)NC(=O)Cc2ccccc2)=C/C)ccc1C. The minimum Gasteiger partial charge on any atom is -0.358 e. The smallest absolute Gasteiger partial charge is 0.228 e. The Bertz CT molecular complexity index is 1890. The molecule has 0 saturated carbocycles. The molecule has 4 N–H and O–H groups in total. The number of hydrogen-bond donors (Lipinski definition) is 4. The van der Waals surface area contributed by atoms with Crippen molar-refractivity contribution < 1.29 is 9.18 Å². The van der Waals surface area contributed by atoms with Crippen molar-refractivity contribution in [2.75, 3.05) is 6.54 Å². The number of allylic oxidation sites excluding steroid dienone is 13. The zero-order valence-corrected chi connectivity index (χ0v) is 30.7. The van der Waals surface area contributed by atoms with Gasteiger partial charge in [-0.05, 0) is 123 Å². The molecule has 3 rings (SSSR count). The average Bonchev–Trinajstić information content (AvgIpc) is 3.27. The van der Waals surface area contributed by atoms with E-state index in [2.05, 4.69) is 42.1 Å². The Morgan fingerprint density at radius 2 is 1.74 bits per heavy atom. The molecule has 1 amide bonds. The van der Waals surface area contributed by atoms with Crippen LogP contribution >= 0.6 is 0 Å². The number of nitrogens with one attached hydrogen (secondary N) is 4. The molecule has 0 saturated heterocycles. The normalized spacial score (nSPS) is 14.5. The lowest BCUT2D eigenvalue weighted by atomic mass is 9.94. The molecule has 0 aliphatic heterocycles. The number of carbonyl (C=O) groups is 1. The van der Waals surface area contributed by atoms with Gasteiger partial charge in [-0.3, -0.25) is 10.2 Å². The Morgan fingerprint density at radius 3 is 2.38 bits per heavy atom. The number of benzene rings is 2. The lowest BCUT2D eigenvalue weighted by Gasteiger charge is -2.18. The topological polar surface area (TPSA) is 77.0 Å². The monoisotopic (exact) mass is 670 g/mol. The summed E-state index contributed by atoms with van der Waals surface area (Å²) < 4.78 is 14.4. The molecule has 1 aliphatic rings. The van der Waals surface area contributed by atoms with Crippen molar-refractivity contribution in [2.45, 2.75) is 67.9 Å². The number of aryl methyl sites for hydroxylation is 1. The molecule has 0 fully saturated rings. The molecule has 0 aromatic heterocycles. The number of rotatable bonds is 15. The highest BCUT2D eigenvalue weighted by Gasteiger charge is 2.15. The van der Waals surface area contributed by atoms with Crippen molar-refractivity contribution >= 4 is 17.2 Å². The van der Waals surface area contributed by atoms with Gasteiger partial charge in [0, 0.05) is 29.5 Å². The van der Waals surface area contributed by atoms with Crippen LogP contribution in [-0.2, 0) is 11.2 Å². The molecular formula is C44H51FN4O. The largest absolute Gasteiger partial charge is 0.358 e. The Morgan fingerprint density at radius 1 is 1.02 bits per heavy atom. The molecular weight excluding hydrogens is 620 g/mol. The van der Waals surface area contributed by atoms with Gasteiger partial charge in [-0.15, -0.1) is 0 Å². The van der Waals surface area contributed by atoms with E-state index < -0.39 is 5.83 Å². The summed E-state index contributed by atoms with van der Waals surface area (Å²) in [5, 5.41) is 18.9. The maximum Gasteiger partial charge on any atom is 0.228 e. The Kier molecular flexibility index (Phi) is 14.9. The predicted octanol–water partition coefficient (Wildman–Crippen LogP) is 9.80. The van der Waals surface area contributed by atoms with Crippen molar-refractivity contribution in [1.29, 1.82) is 5.41 Å². The summed E-state index contributed by atoms with van der Waals surface area (Å²) in [5.41, 5.74) is 13.0. The molecule has 0 unspecified atom stereocenters. The highest BCUT2D eigenvalue weighted by Crippen LogP contribution is 2.27. The van der Waals surface area contributed by atoms with Gasteiger partial charge in [-0.1, -0.05) is 86.9 Å². The average molecular weight is 671 g/mol. The molecule has 1 aliphatic carbocycles. The van der Waals surface area contributed by atoms with E-state index in [4.69, 9.17) is 5.41 Å². The molecule has 0 radical (unpaired) electrons. The van der Waals surface area contributed by atoms with Crippen LogP contribution < -0.4 is 16.0 Å². The third-order valence-corrected chi connectivity index (χ3v) is 8.24. The van der Waals surface area contributed by atoms with Gasteiger partial charge in [0.1, 0.15) is 0 Å². The number of amides is 1. The van der Waals surface area contributed by atoms with Crippen LogP contribution in [0.3, 0.4) is 0 Å². The Labute approximate surface area is 298 Å². The van der Waals surface area contributed by atoms with E-state index in [1.54, 1.807) is 6.08 Å². The van der Waals surface area contributed by atoms with Crippen molar-refractivity contribution in [3.05, 3.63) is 177 Å². The summed E-state index contributed by atoms with van der Waals surface area (Å²) in [4.78, 5) is 12.9. The van der Waals surface area contributed by atoms with Gasteiger partial charge in [-0.25, -0.2) is 0 Å². The second-order valence-electron chi connectivity index (χ2n) is 12.5. The Balaban J connectivity index is 1.84. The summed E-state index contributed by atoms with van der Waals surface area (Å²) in [6, 6.07) is 15.9. The second kappa shape index (κ2) is 19.0. The molecule has 50 heavy (non-hydrogen) atoms. The first-order valence-corrected chi connectivity index (χ1v) is 17.0. The fourth-order valence-electron chi connectivity index (χ4n) is 5.42. The summed E-state index contributed by atoms with van der Waals surface area (Å²) in [5.74, 6) is -0.509. The quantitative estimate of drug-likeness (QED) is 0.0866. The number of carbonyl (C=O) groups excluding carboxylic acids is 1. The van der Waals surface area contributed by atoms with Crippen LogP contribution in [0.1, 0.15) is 70.7 Å². The van der Waals surface area contributed by atoms with Crippen LogP contribution in [0.5, 0.6) is 0 Å². The Hall–Kier alpha value is -5.29. The molecule has 2 aromatic carbocycles. The van der Waals surface area contributed by atoms with Gasteiger partial charge in [0.25, 0.3) is 0 Å². The van der Waals surface area contributed by atoms with E-state index in [9.17, 15) is 9.18 Å². The van der Waals surface area contributed by atoms with Crippen LogP contribution in [0.25, 0.3) is 5.57 Å². The molecule has 5 nitrogen and oxygen atoms in total. The highest BCUT2D eigenvalue weighted by molar-refractivity contribution is 6.11. The van der Waals surface area contributed by atoms with Gasteiger partial charge < -0.3 is 16.0 Å².